The van der Waals surface area contributed by atoms with Gasteiger partial charge in [-0.3, -0.25) is 33.6 Å². The number of rotatable bonds is 45. The molecule has 0 fully saturated rings. The van der Waals surface area contributed by atoms with Crippen LogP contribution in [0.4, 0.5) is 0 Å². The Kier molecular flexibility index (Phi) is 42.0. The van der Waals surface area contributed by atoms with Crippen molar-refractivity contribution in [2.45, 2.75) is 173 Å². The molecule has 4 atom stereocenters. The number of nitrogens with one attached hydrogen (secondary N) is 4. The first-order valence-corrected chi connectivity index (χ1v) is 26.8. The molecule has 0 unspecified atom stereocenters. The van der Waals surface area contributed by atoms with E-state index in [1.54, 1.807) is 9.80 Å². The summed E-state index contributed by atoms with van der Waals surface area (Å²) in [6.07, 6.45) is 23.6. The minimum Gasteiger partial charge on any atom is -0.394 e. The summed E-state index contributed by atoms with van der Waals surface area (Å²) in [7, 11) is 0. The number of carbonyl (C=O) groups is 7. The Labute approximate surface area is 431 Å². The number of allylic oxidation sites excluding steroid dienone is 6. The number of hydrogen-bond acceptors (Lipinski definition) is 13. The quantitative estimate of drug-likeness (QED) is 0.0308. The van der Waals surface area contributed by atoms with E-state index in [0.717, 1.165) is 32.1 Å². The number of unbranched alkanes of at least 4 members (excludes halogenated alkanes) is 3. The number of hydrogen-bond donors (Lipinski definition) is 10. The summed E-state index contributed by atoms with van der Waals surface area (Å²) < 4.78 is 0. The van der Waals surface area contributed by atoms with Crippen LogP contribution >= 0.6 is 0 Å². The average Bonchev–Trinajstić information content (AvgIpc) is 3.37. The molecule has 0 aromatic heterocycles. The van der Waals surface area contributed by atoms with Crippen molar-refractivity contribution < 1.29 is 43.8 Å². The van der Waals surface area contributed by atoms with Crippen molar-refractivity contribution >= 4 is 41.4 Å². The fourth-order valence-corrected chi connectivity index (χ4v) is 7.52. The third-order valence-corrected chi connectivity index (χ3v) is 11.9. The number of carbonyl (C=O) groups excluding carboxylic acids is 7. The molecule has 0 bridgehead atoms. The minimum atomic E-state index is -1.17. The Bertz CT molecular complexity index is 1600. The van der Waals surface area contributed by atoms with Gasteiger partial charge in [0.25, 0.3) is 0 Å². The van der Waals surface area contributed by atoms with Crippen LogP contribution in [0, 0.1) is 0 Å². The van der Waals surface area contributed by atoms with Gasteiger partial charge in [-0.1, -0.05) is 70.1 Å². The van der Waals surface area contributed by atoms with Gasteiger partial charge in [-0.05, 0) is 109 Å². The largest absolute Gasteiger partial charge is 0.394 e. The van der Waals surface area contributed by atoms with Crippen molar-refractivity contribution in [1.29, 1.82) is 0 Å². The fraction of sp³-hybridized carbons (Fsp3) is 0.750. The van der Waals surface area contributed by atoms with E-state index in [-0.39, 0.29) is 30.8 Å². The molecular weight excluding hydrogens is 923 g/mol. The van der Waals surface area contributed by atoms with Crippen LogP contribution in [-0.2, 0) is 33.6 Å². The van der Waals surface area contributed by atoms with E-state index in [4.69, 9.17) is 22.9 Å². The van der Waals surface area contributed by atoms with Crippen molar-refractivity contribution in [2.75, 3.05) is 78.7 Å². The van der Waals surface area contributed by atoms with Crippen LogP contribution < -0.4 is 44.2 Å². The highest BCUT2D eigenvalue weighted by atomic mass is 16.3. The first-order chi connectivity index (χ1) is 34.7. The maximum absolute atomic E-state index is 13.6. The molecule has 7 amide bonds. The molecule has 20 heteroatoms. The highest BCUT2D eigenvalue weighted by Crippen LogP contribution is 2.10. The maximum Gasteiger partial charge on any atom is 0.244 e. The number of nitrogens with two attached hydrogens (primary N) is 4. The zero-order valence-corrected chi connectivity index (χ0v) is 44.3. The lowest BCUT2D eigenvalue weighted by atomic mass is 10.1. The molecule has 0 aliphatic rings. The molecule has 20 nitrogen and oxygen atoms in total. The van der Waals surface area contributed by atoms with E-state index in [1.165, 1.54) is 0 Å². The summed E-state index contributed by atoms with van der Waals surface area (Å²) >= 11 is 0. The van der Waals surface area contributed by atoms with Crippen molar-refractivity contribution in [3.05, 3.63) is 36.5 Å². The van der Waals surface area contributed by atoms with E-state index < -0.39 is 61.0 Å². The monoisotopic (exact) mass is 1020 g/mol. The van der Waals surface area contributed by atoms with Crippen molar-refractivity contribution in [3.63, 3.8) is 0 Å². The zero-order valence-electron chi connectivity index (χ0n) is 44.3. The lowest BCUT2D eigenvalue weighted by Crippen LogP contribution is -2.53. The molecular formula is C52H97N11O9. The lowest BCUT2D eigenvalue weighted by Gasteiger charge is -2.27. The van der Waals surface area contributed by atoms with Gasteiger partial charge in [0.2, 0.25) is 41.4 Å². The second-order valence-electron chi connectivity index (χ2n) is 18.0. The van der Waals surface area contributed by atoms with E-state index in [0.29, 0.717) is 149 Å². The standard InChI is InChI=1S/C52H97N11O9/c1-4-7-10-13-27-46(66)61(36-22-32-57-51(71)44(40-64)59-49(69)42(55)25-16-18-30-53)34-20-21-35-62(47(67)28-14-11-8-5-2)38-24-39-63(48(68)29-15-12-9-6-3)37-23-33-58-52(72)45(41-65)60-50(70)43(56)26-17-19-31-54/h7-12,42-45,64-65H,4-6,13-41,53-56H2,1-3H3,(H,57,71)(H,58,72)(H,59,69)(H,60,70)/t42-,43-,44-,45-/m0/s1. The Morgan fingerprint density at radius 3 is 1.07 bits per heavy atom. The molecule has 0 rings (SSSR count). The van der Waals surface area contributed by atoms with Gasteiger partial charge in [-0.25, -0.2) is 0 Å². The number of amides is 7. The molecule has 72 heavy (non-hydrogen) atoms. The van der Waals surface area contributed by atoms with Crippen LogP contribution in [0.5, 0.6) is 0 Å². The Hall–Kier alpha value is -4.73. The topological polar surface area (TPSA) is 322 Å². The third-order valence-electron chi connectivity index (χ3n) is 11.9. The van der Waals surface area contributed by atoms with Gasteiger partial charge < -0.3 is 69.1 Å². The second kappa shape index (κ2) is 44.9. The highest BCUT2D eigenvalue weighted by molar-refractivity contribution is 5.90. The molecule has 0 heterocycles. The van der Waals surface area contributed by atoms with Crippen LogP contribution in [0.3, 0.4) is 0 Å². The minimum absolute atomic E-state index is 0.000395. The average molecular weight is 1020 g/mol. The van der Waals surface area contributed by atoms with Gasteiger partial charge >= 0.3 is 0 Å². The molecule has 0 aliphatic carbocycles. The summed E-state index contributed by atoms with van der Waals surface area (Å²) in [5.41, 5.74) is 23.0. The molecule has 0 spiro atoms. The van der Waals surface area contributed by atoms with Crippen molar-refractivity contribution in [1.82, 2.24) is 36.0 Å². The zero-order chi connectivity index (χ0) is 53.8. The Morgan fingerprint density at radius 1 is 0.444 bits per heavy atom. The van der Waals surface area contributed by atoms with E-state index in [2.05, 4.69) is 21.3 Å². The predicted molar refractivity (Wildman–Crippen MR) is 285 cm³/mol. The Balaban J connectivity index is 5.73. The maximum atomic E-state index is 13.6. The van der Waals surface area contributed by atoms with Crippen molar-refractivity contribution in [2.24, 2.45) is 22.9 Å². The van der Waals surface area contributed by atoms with Crippen LogP contribution in [0.2, 0.25) is 0 Å². The van der Waals surface area contributed by atoms with Gasteiger partial charge in [0.15, 0.2) is 0 Å². The molecule has 0 radical (unpaired) electrons. The van der Waals surface area contributed by atoms with Gasteiger partial charge in [0.05, 0.1) is 25.3 Å². The molecule has 414 valence electrons. The molecule has 0 aromatic rings. The summed E-state index contributed by atoms with van der Waals surface area (Å²) in [4.78, 5) is 96.8. The molecule has 0 aromatic carbocycles. The fourth-order valence-electron chi connectivity index (χ4n) is 7.52. The van der Waals surface area contributed by atoms with E-state index >= 15 is 0 Å². The van der Waals surface area contributed by atoms with E-state index in [1.807, 2.05) is 62.1 Å². The third kappa shape index (κ3) is 33.1. The number of nitrogens with zero attached hydrogens (tertiary/aromatic N) is 3. The van der Waals surface area contributed by atoms with Crippen molar-refractivity contribution in [3.8, 4) is 0 Å². The van der Waals surface area contributed by atoms with Crippen LogP contribution in [0.25, 0.3) is 0 Å². The van der Waals surface area contributed by atoms with Crippen LogP contribution in [-0.4, -0.2) is 169 Å². The summed E-state index contributed by atoms with van der Waals surface area (Å²) in [5.74, 6) is -2.24. The van der Waals surface area contributed by atoms with Gasteiger partial charge in [-0.2, -0.15) is 0 Å². The number of aliphatic hydroxyl groups is 2. The van der Waals surface area contributed by atoms with Crippen LogP contribution in [0.1, 0.15) is 149 Å². The summed E-state index contributed by atoms with van der Waals surface area (Å²) in [6, 6.07) is -3.99. The SMILES string of the molecule is CCC=CCCC(=O)N(CCCCN(CCCN(CCCNC(=O)[C@H](CO)NC(=O)[C@@H](N)CCCCN)C(=O)CCC=CCC)C(=O)CCC=CCC)CCCNC(=O)[C@H](CO)NC(=O)[C@@H](N)CCCCN. The van der Waals surface area contributed by atoms with E-state index in [9.17, 15) is 43.8 Å². The predicted octanol–water partition coefficient (Wildman–Crippen LogP) is 1.76. The molecule has 0 saturated carbocycles. The molecule has 0 aliphatic heterocycles. The summed E-state index contributed by atoms with van der Waals surface area (Å²) in [6.45, 7) is 8.69. The highest BCUT2D eigenvalue weighted by Gasteiger charge is 2.25. The van der Waals surface area contributed by atoms with Crippen LogP contribution in [0.15, 0.2) is 36.5 Å². The first-order valence-electron chi connectivity index (χ1n) is 26.8. The van der Waals surface area contributed by atoms with Gasteiger partial charge in [0, 0.05) is 71.6 Å². The summed E-state index contributed by atoms with van der Waals surface area (Å²) in [5, 5.41) is 30.2. The normalized spacial score (nSPS) is 13.2. The molecule has 0 saturated heterocycles. The number of aliphatic hydroxyl groups excluding tert-OH is 2. The molecule has 14 N–H and O–H groups in total. The lowest BCUT2D eigenvalue weighted by molar-refractivity contribution is -0.133. The first kappa shape index (κ1) is 67.3. The smallest absolute Gasteiger partial charge is 0.244 e. The Morgan fingerprint density at radius 2 is 0.764 bits per heavy atom. The van der Waals surface area contributed by atoms with Gasteiger partial charge in [0.1, 0.15) is 12.1 Å². The second-order valence-corrected chi connectivity index (χ2v) is 18.0. The van der Waals surface area contributed by atoms with Gasteiger partial charge in [-0.15, -0.1) is 0 Å².